The van der Waals surface area contributed by atoms with E-state index in [1.165, 1.54) is 19.1 Å². The average molecular weight is 302 g/mol. The molecule has 0 spiro atoms. The predicted octanol–water partition coefficient (Wildman–Crippen LogP) is -0.0125. The number of amides is 1. The van der Waals surface area contributed by atoms with Crippen LogP contribution in [0.3, 0.4) is 0 Å². The van der Waals surface area contributed by atoms with Crippen LogP contribution in [0.1, 0.15) is 6.92 Å². The number of benzene rings is 1. The molecule has 0 unspecified atom stereocenters. The first kappa shape index (κ1) is 16.4. The van der Waals surface area contributed by atoms with Crippen LogP contribution in [0.4, 0.5) is 11.4 Å². The van der Waals surface area contributed by atoms with Crippen molar-refractivity contribution in [2.45, 2.75) is 6.92 Å². The van der Waals surface area contributed by atoms with Gasteiger partial charge in [0, 0.05) is 5.69 Å². The second kappa shape index (κ2) is 6.21. The summed E-state index contributed by atoms with van der Waals surface area (Å²) in [6.07, 6.45) is 1.02. The Hall–Kier alpha value is -1.64. The van der Waals surface area contributed by atoms with Crippen LogP contribution in [-0.4, -0.2) is 44.0 Å². The molecule has 1 aromatic rings. The summed E-state index contributed by atoms with van der Waals surface area (Å²) in [5, 5.41) is 20.8. The second-order valence-corrected chi connectivity index (χ2v) is 6.53. The van der Waals surface area contributed by atoms with Crippen molar-refractivity contribution in [2.24, 2.45) is 5.41 Å². The molecule has 0 radical (unpaired) electrons. The molecule has 0 aromatic heterocycles. The van der Waals surface area contributed by atoms with Gasteiger partial charge in [0.25, 0.3) is 0 Å². The van der Waals surface area contributed by atoms with Crippen LogP contribution in [0.2, 0.25) is 0 Å². The predicted molar refractivity (Wildman–Crippen MR) is 75.8 cm³/mol. The fourth-order valence-corrected chi connectivity index (χ4v) is 1.91. The van der Waals surface area contributed by atoms with Crippen LogP contribution >= 0.6 is 0 Å². The lowest BCUT2D eigenvalue weighted by molar-refractivity contribution is -0.129. The second-order valence-electron chi connectivity index (χ2n) is 4.79. The van der Waals surface area contributed by atoms with Crippen LogP contribution < -0.4 is 10.0 Å². The Balaban J connectivity index is 2.89. The highest BCUT2D eigenvalue weighted by Gasteiger charge is 2.31. The smallest absolute Gasteiger partial charge is 0.234 e. The Morgan fingerprint density at radius 1 is 1.25 bits per heavy atom. The van der Waals surface area contributed by atoms with Gasteiger partial charge in [-0.3, -0.25) is 9.52 Å². The summed E-state index contributed by atoms with van der Waals surface area (Å²) >= 11 is 0. The molecule has 0 heterocycles. The van der Waals surface area contributed by atoms with E-state index in [0.717, 1.165) is 6.26 Å². The third-order valence-corrected chi connectivity index (χ3v) is 3.28. The van der Waals surface area contributed by atoms with Crippen molar-refractivity contribution in [3.63, 3.8) is 0 Å². The minimum atomic E-state index is -3.40. The fraction of sp³-hybridized carbons (Fsp3) is 0.417. The third-order valence-electron chi connectivity index (χ3n) is 2.67. The monoisotopic (exact) mass is 302 g/mol. The van der Waals surface area contributed by atoms with Crippen LogP contribution in [0, 0.1) is 5.41 Å². The van der Waals surface area contributed by atoms with Crippen molar-refractivity contribution in [3.8, 4) is 0 Å². The number of hydrogen-bond donors (Lipinski definition) is 4. The molecule has 0 saturated carbocycles. The van der Waals surface area contributed by atoms with Crippen molar-refractivity contribution in [1.82, 2.24) is 0 Å². The number of aliphatic hydroxyl groups excluding tert-OH is 2. The van der Waals surface area contributed by atoms with Crippen LogP contribution in [-0.2, 0) is 14.8 Å². The van der Waals surface area contributed by atoms with Gasteiger partial charge in [0.1, 0.15) is 0 Å². The molecule has 1 amide bonds. The van der Waals surface area contributed by atoms with E-state index in [9.17, 15) is 13.2 Å². The maximum absolute atomic E-state index is 11.9. The summed E-state index contributed by atoms with van der Waals surface area (Å²) < 4.78 is 24.5. The number of anilines is 2. The lowest BCUT2D eigenvalue weighted by Gasteiger charge is -2.23. The van der Waals surface area contributed by atoms with Crippen molar-refractivity contribution < 1.29 is 23.4 Å². The van der Waals surface area contributed by atoms with E-state index < -0.39 is 34.6 Å². The standard InChI is InChI=1S/C12H18N2O5S/c1-12(7-15,8-16)11(17)13-9-4-3-5-10(6-9)14-20(2,18)19/h3-6,14-16H,7-8H2,1-2H3,(H,13,17). The molecule has 0 saturated heterocycles. The maximum atomic E-state index is 11.9. The lowest BCUT2D eigenvalue weighted by Crippen LogP contribution is -2.39. The summed E-state index contributed by atoms with van der Waals surface area (Å²) in [7, 11) is -3.40. The van der Waals surface area contributed by atoms with E-state index in [-0.39, 0.29) is 0 Å². The Kier molecular flexibility index (Phi) is 5.09. The van der Waals surface area contributed by atoms with Crippen molar-refractivity contribution >= 4 is 27.3 Å². The third kappa shape index (κ3) is 4.48. The minimum Gasteiger partial charge on any atom is -0.395 e. The molecule has 0 aliphatic heterocycles. The van der Waals surface area contributed by atoms with Gasteiger partial charge in [-0.2, -0.15) is 0 Å². The molecular formula is C12H18N2O5S. The summed E-state index contributed by atoms with van der Waals surface area (Å²) in [5.74, 6) is -0.556. The number of nitrogens with one attached hydrogen (secondary N) is 2. The summed E-state index contributed by atoms with van der Waals surface area (Å²) in [4.78, 5) is 11.9. The molecule has 0 aliphatic carbocycles. The Morgan fingerprint density at radius 3 is 2.30 bits per heavy atom. The van der Waals surface area contributed by atoms with E-state index >= 15 is 0 Å². The molecule has 8 heteroatoms. The van der Waals surface area contributed by atoms with Crippen molar-refractivity contribution in [1.29, 1.82) is 0 Å². The minimum absolute atomic E-state index is 0.306. The van der Waals surface area contributed by atoms with Crippen LogP contribution in [0.25, 0.3) is 0 Å². The molecule has 0 aliphatic rings. The number of hydrogen-bond acceptors (Lipinski definition) is 5. The van der Waals surface area contributed by atoms with E-state index in [1.54, 1.807) is 12.1 Å². The first-order chi connectivity index (χ1) is 9.20. The Labute approximate surface area is 117 Å². The van der Waals surface area contributed by atoms with E-state index in [0.29, 0.717) is 11.4 Å². The summed E-state index contributed by atoms with van der Waals surface area (Å²) in [6.45, 7) is 0.411. The van der Waals surface area contributed by atoms with E-state index in [1.807, 2.05) is 0 Å². The summed E-state index contributed by atoms with van der Waals surface area (Å²) in [6, 6.07) is 6.11. The molecule has 0 atom stereocenters. The van der Waals surface area contributed by atoms with Gasteiger partial charge in [0.05, 0.1) is 30.6 Å². The highest BCUT2D eigenvalue weighted by Crippen LogP contribution is 2.20. The zero-order valence-corrected chi connectivity index (χ0v) is 12.1. The van der Waals surface area contributed by atoms with Crippen LogP contribution in [0.5, 0.6) is 0 Å². The number of sulfonamides is 1. The number of carbonyl (C=O) groups excluding carboxylic acids is 1. The normalized spacial score (nSPS) is 12.0. The lowest BCUT2D eigenvalue weighted by atomic mass is 9.92. The van der Waals surface area contributed by atoms with Gasteiger partial charge in [-0.05, 0) is 25.1 Å². The average Bonchev–Trinajstić information content (AvgIpc) is 2.36. The molecule has 0 fully saturated rings. The quantitative estimate of drug-likeness (QED) is 0.590. The largest absolute Gasteiger partial charge is 0.395 e. The summed E-state index contributed by atoms with van der Waals surface area (Å²) in [5.41, 5.74) is -0.642. The molecule has 4 N–H and O–H groups in total. The maximum Gasteiger partial charge on any atom is 0.234 e. The van der Waals surface area contributed by atoms with Gasteiger partial charge in [-0.1, -0.05) is 6.07 Å². The first-order valence-electron chi connectivity index (χ1n) is 5.81. The Morgan fingerprint density at radius 2 is 1.80 bits per heavy atom. The number of aliphatic hydroxyl groups is 2. The molecule has 0 bridgehead atoms. The van der Waals surface area contributed by atoms with Crippen molar-refractivity contribution in [2.75, 3.05) is 29.5 Å². The van der Waals surface area contributed by atoms with Crippen molar-refractivity contribution in [3.05, 3.63) is 24.3 Å². The molecule has 7 nitrogen and oxygen atoms in total. The zero-order valence-electron chi connectivity index (χ0n) is 11.3. The van der Waals surface area contributed by atoms with Gasteiger partial charge in [-0.15, -0.1) is 0 Å². The molecular weight excluding hydrogens is 284 g/mol. The fourth-order valence-electron chi connectivity index (χ4n) is 1.35. The molecule has 20 heavy (non-hydrogen) atoms. The SMILES string of the molecule is CC(CO)(CO)C(=O)Nc1cccc(NS(C)(=O)=O)c1. The zero-order chi connectivity index (χ0) is 15.4. The number of carbonyl (C=O) groups is 1. The molecule has 112 valence electrons. The molecule has 1 aromatic carbocycles. The highest BCUT2D eigenvalue weighted by molar-refractivity contribution is 7.92. The first-order valence-corrected chi connectivity index (χ1v) is 7.70. The van der Waals surface area contributed by atoms with Crippen LogP contribution in [0.15, 0.2) is 24.3 Å². The molecule has 1 rings (SSSR count). The van der Waals surface area contributed by atoms with Gasteiger partial charge >= 0.3 is 0 Å². The van der Waals surface area contributed by atoms with Gasteiger partial charge < -0.3 is 15.5 Å². The highest BCUT2D eigenvalue weighted by atomic mass is 32.2. The Bertz CT molecular complexity index is 581. The van der Waals surface area contributed by atoms with Gasteiger partial charge in [-0.25, -0.2) is 8.42 Å². The van der Waals surface area contributed by atoms with E-state index in [4.69, 9.17) is 10.2 Å². The van der Waals surface area contributed by atoms with Gasteiger partial charge in [0.2, 0.25) is 15.9 Å². The topological polar surface area (TPSA) is 116 Å². The van der Waals surface area contributed by atoms with Gasteiger partial charge in [0.15, 0.2) is 0 Å². The number of rotatable bonds is 6. The van der Waals surface area contributed by atoms with E-state index in [2.05, 4.69) is 10.0 Å².